The number of rotatable bonds is 8. The topological polar surface area (TPSA) is 99.3 Å². The van der Waals surface area contributed by atoms with Gasteiger partial charge in [-0.3, -0.25) is 19.7 Å². The highest BCUT2D eigenvalue weighted by Crippen LogP contribution is 2.18. The van der Waals surface area contributed by atoms with Crippen molar-refractivity contribution in [1.82, 2.24) is 21.3 Å². The molecule has 1 aliphatic heterocycles. The first-order valence-electron chi connectivity index (χ1n) is 8.41. The van der Waals surface area contributed by atoms with E-state index in [0.717, 1.165) is 12.8 Å². The van der Waals surface area contributed by atoms with E-state index in [1.54, 1.807) is 6.08 Å². The second-order valence-corrected chi connectivity index (χ2v) is 7.27. The van der Waals surface area contributed by atoms with Crippen LogP contribution < -0.4 is 21.3 Å². The minimum absolute atomic E-state index is 0.00574. The first kappa shape index (κ1) is 18.8. The summed E-state index contributed by atoms with van der Waals surface area (Å²) in [7, 11) is 0. The van der Waals surface area contributed by atoms with Crippen molar-refractivity contribution >= 4 is 29.5 Å². The van der Waals surface area contributed by atoms with Crippen LogP contribution in [0.5, 0.6) is 0 Å². The van der Waals surface area contributed by atoms with Crippen molar-refractivity contribution in [3.05, 3.63) is 12.7 Å². The Morgan fingerprint density at radius 1 is 1.29 bits per heavy atom. The van der Waals surface area contributed by atoms with Gasteiger partial charge in [0, 0.05) is 31.5 Å². The number of amides is 3. The van der Waals surface area contributed by atoms with Crippen molar-refractivity contribution in [2.75, 3.05) is 12.3 Å². The summed E-state index contributed by atoms with van der Waals surface area (Å²) in [6, 6.07) is 0.0762. The number of hydrogen-bond donors (Lipinski definition) is 4. The smallest absolute Gasteiger partial charge is 0.230 e. The van der Waals surface area contributed by atoms with Crippen LogP contribution in [-0.2, 0) is 14.4 Å². The van der Waals surface area contributed by atoms with Crippen LogP contribution in [0.25, 0.3) is 0 Å². The van der Waals surface area contributed by atoms with Crippen LogP contribution in [0.15, 0.2) is 12.7 Å². The molecule has 0 aromatic rings. The van der Waals surface area contributed by atoms with E-state index in [1.165, 1.54) is 24.6 Å². The van der Waals surface area contributed by atoms with E-state index < -0.39 is 0 Å². The lowest BCUT2D eigenvalue weighted by Gasteiger charge is -2.30. The molecule has 1 heterocycles. The lowest BCUT2D eigenvalue weighted by atomic mass is 10.1. The van der Waals surface area contributed by atoms with Gasteiger partial charge in [-0.15, -0.1) is 18.3 Å². The molecule has 0 aromatic carbocycles. The molecule has 0 aromatic heterocycles. The van der Waals surface area contributed by atoms with Crippen molar-refractivity contribution in [2.45, 2.75) is 56.1 Å². The predicted molar refractivity (Wildman–Crippen MR) is 94.2 cm³/mol. The van der Waals surface area contributed by atoms with Gasteiger partial charge in [0.15, 0.2) is 0 Å². The molecule has 2 aliphatic rings. The monoisotopic (exact) mass is 354 g/mol. The molecule has 1 saturated carbocycles. The van der Waals surface area contributed by atoms with Gasteiger partial charge in [-0.2, -0.15) is 0 Å². The highest BCUT2D eigenvalue weighted by Gasteiger charge is 2.28. The highest BCUT2D eigenvalue weighted by atomic mass is 32.2. The van der Waals surface area contributed by atoms with Crippen molar-refractivity contribution < 1.29 is 14.4 Å². The van der Waals surface area contributed by atoms with Crippen LogP contribution >= 0.6 is 11.8 Å². The summed E-state index contributed by atoms with van der Waals surface area (Å²) in [6.45, 7) is 3.96. The Labute approximate surface area is 146 Å². The second kappa shape index (κ2) is 9.68. The Morgan fingerprint density at radius 3 is 2.75 bits per heavy atom. The Hall–Kier alpha value is -1.54. The van der Waals surface area contributed by atoms with Gasteiger partial charge in [0.2, 0.25) is 17.7 Å². The highest BCUT2D eigenvalue weighted by molar-refractivity contribution is 8.00. The van der Waals surface area contributed by atoms with Crippen LogP contribution in [0, 0.1) is 0 Å². The van der Waals surface area contributed by atoms with Gasteiger partial charge in [0.25, 0.3) is 0 Å². The van der Waals surface area contributed by atoms with E-state index >= 15 is 0 Å². The molecule has 3 amide bonds. The van der Waals surface area contributed by atoms with E-state index in [0.29, 0.717) is 12.6 Å². The van der Waals surface area contributed by atoms with Gasteiger partial charge in [0.05, 0.1) is 5.75 Å². The number of thioether (sulfide) groups is 1. The quantitative estimate of drug-likeness (QED) is 0.468. The molecule has 2 unspecified atom stereocenters. The zero-order valence-electron chi connectivity index (χ0n) is 13.8. The van der Waals surface area contributed by atoms with Gasteiger partial charge in [-0.05, 0) is 12.8 Å². The third-order valence-electron chi connectivity index (χ3n) is 4.09. The Morgan fingerprint density at radius 2 is 2.04 bits per heavy atom. The molecule has 4 N–H and O–H groups in total. The average molecular weight is 354 g/mol. The molecule has 0 spiro atoms. The van der Waals surface area contributed by atoms with Gasteiger partial charge >= 0.3 is 0 Å². The van der Waals surface area contributed by atoms with Crippen LogP contribution in [0.2, 0.25) is 0 Å². The molecule has 134 valence electrons. The molecule has 24 heavy (non-hydrogen) atoms. The fourth-order valence-electron chi connectivity index (χ4n) is 2.94. The van der Waals surface area contributed by atoms with Crippen LogP contribution in [0.1, 0.15) is 38.5 Å². The largest absolute Gasteiger partial charge is 0.353 e. The molecule has 7 nitrogen and oxygen atoms in total. The SMILES string of the molecule is C=CCNC(=O)CC1CC(=O)NC(SCC(=O)NC2CCCC2)N1. The number of carbonyl (C=O) groups excluding carboxylic acids is 3. The zero-order valence-corrected chi connectivity index (χ0v) is 14.6. The Bertz CT molecular complexity index is 480. The lowest BCUT2D eigenvalue weighted by Crippen LogP contribution is -2.56. The van der Waals surface area contributed by atoms with E-state index in [9.17, 15) is 14.4 Å². The Kier molecular flexibility index (Phi) is 7.58. The maximum Gasteiger partial charge on any atom is 0.230 e. The van der Waals surface area contributed by atoms with E-state index in [2.05, 4.69) is 27.8 Å². The molecule has 0 bridgehead atoms. The summed E-state index contributed by atoms with van der Waals surface area (Å²) in [6.07, 6.45) is 6.55. The van der Waals surface area contributed by atoms with Crippen LogP contribution in [0.4, 0.5) is 0 Å². The molecule has 8 heteroatoms. The maximum absolute atomic E-state index is 12.0. The number of nitrogens with one attached hydrogen (secondary N) is 4. The minimum Gasteiger partial charge on any atom is -0.353 e. The van der Waals surface area contributed by atoms with Crippen molar-refractivity contribution in [3.8, 4) is 0 Å². The summed E-state index contributed by atoms with van der Waals surface area (Å²) in [5.41, 5.74) is -0.349. The summed E-state index contributed by atoms with van der Waals surface area (Å²) in [4.78, 5) is 35.5. The zero-order chi connectivity index (χ0) is 17.4. The normalized spacial score (nSPS) is 24.2. The maximum atomic E-state index is 12.0. The fourth-order valence-corrected chi connectivity index (χ4v) is 3.85. The molecule has 2 rings (SSSR count). The number of hydrogen-bond acceptors (Lipinski definition) is 5. The van der Waals surface area contributed by atoms with Crippen molar-refractivity contribution in [1.29, 1.82) is 0 Å². The molecular weight excluding hydrogens is 328 g/mol. The van der Waals surface area contributed by atoms with E-state index in [1.807, 2.05) is 0 Å². The second-order valence-electron chi connectivity index (χ2n) is 6.17. The van der Waals surface area contributed by atoms with Crippen LogP contribution in [0.3, 0.4) is 0 Å². The standard InChI is InChI=1S/C16H26N4O3S/c1-2-7-17-13(21)8-12-9-14(22)20-16(19-12)24-10-15(23)18-11-5-3-4-6-11/h2,11-12,16,19H,1,3-10H2,(H,17,21)(H,18,23)(H,20,22). The van der Waals surface area contributed by atoms with E-state index in [4.69, 9.17) is 0 Å². The first-order valence-corrected chi connectivity index (χ1v) is 9.45. The number of carbonyl (C=O) groups is 3. The summed E-state index contributed by atoms with van der Waals surface area (Å²) >= 11 is 1.34. The average Bonchev–Trinajstić information content (AvgIpc) is 3.03. The summed E-state index contributed by atoms with van der Waals surface area (Å²) < 4.78 is 0. The lowest BCUT2D eigenvalue weighted by molar-refractivity contribution is -0.125. The van der Waals surface area contributed by atoms with Crippen molar-refractivity contribution in [2.24, 2.45) is 0 Å². The van der Waals surface area contributed by atoms with Gasteiger partial charge in [-0.1, -0.05) is 18.9 Å². The molecule has 2 fully saturated rings. The molecular formula is C16H26N4O3S. The van der Waals surface area contributed by atoms with Crippen molar-refractivity contribution in [3.63, 3.8) is 0 Å². The molecule has 0 radical (unpaired) electrons. The third kappa shape index (κ3) is 6.52. The minimum atomic E-state index is -0.349. The van der Waals surface area contributed by atoms with Gasteiger partial charge in [0.1, 0.15) is 5.50 Å². The van der Waals surface area contributed by atoms with Gasteiger partial charge in [-0.25, -0.2) is 0 Å². The summed E-state index contributed by atoms with van der Waals surface area (Å²) in [5, 5.41) is 11.7. The molecule has 1 saturated heterocycles. The van der Waals surface area contributed by atoms with E-state index in [-0.39, 0.29) is 47.9 Å². The Balaban J connectivity index is 1.71. The predicted octanol–water partition coefficient (Wildman–Crippen LogP) is 0.232. The third-order valence-corrected chi connectivity index (χ3v) is 5.10. The van der Waals surface area contributed by atoms with Crippen LogP contribution in [-0.4, -0.2) is 47.6 Å². The van der Waals surface area contributed by atoms with Gasteiger partial charge < -0.3 is 16.0 Å². The summed E-state index contributed by atoms with van der Waals surface area (Å²) in [5.74, 6) is 0.0479. The molecule has 2 atom stereocenters. The first-order chi connectivity index (χ1) is 11.6. The fraction of sp³-hybridized carbons (Fsp3) is 0.688. The molecule has 1 aliphatic carbocycles.